The Morgan fingerprint density at radius 3 is 2.11 bits per heavy atom. The van der Waals surface area contributed by atoms with Crippen molar-refractivity contribution >= 4 is 17.7 Å². The summed E-state index contributed by atoms with van der Waals surface area (Å²) in [6.45, 7) is 3.82. The van der Waals surface area contributed by atoms with Crippen LogP contribution in [0.15, 0.2) is 73.3 Å². The van der Waals surface area contributed by atoms with Crippen LogP contribution < -0.4 is 5.32 Å². The summed E-state index contributed by atoms with van der Waals surface area (Å²) >= 11 is 0. The fourth-order valence-corrected chi connectivity index (χ4v) is 3.34. The van der Waals surface area contributed by atoms with E-state index in [1.54, 1.807) is 30.3 Å². The highest BCUT2D eigenvalue weighted by Crippen LogP contribution is 2.21. The van der Waals surface area contributed by atoms with Gasteiger partial charge in [-0.1, -0.05) is 54.6 Å². The lowest BCUT2D eigenvalue weighted by molar-refractivity contribution is -0.140. The zero-order valence-corrected chi connectivity index (χ0v) is 15.0. The Labute approximate surface area is 158 Å². The Hall–Kier alpha value is -3.21. The van der Waals surface area contributed by atoms with Crippen molar-refractivity contribution in [3.63, 3.8) is 0 Å². The SMILES string of the molecule is C=C[C@@H]([C@H](Cc1ccccc1)NC(=O)c1ccccc1)N1C(=O)CCC1=O. The molecule has 5 heteroatoms. The van der Waals surface area contributed by atoms with Gasteiger partial charge in [0.15, 0.2) is 0 Å². The van der Waals surface area contributed by atoms with Crippen molar-refractivity contribution in [3.8, 4) is 0 Å². The highest BCUT2D eigenvalue weighted by atomic mass is 16.2. The quantitative estimate of drug-likeness (QED) is 0.608. The van der Waals surface area contributed by atoms with E-state index in [9.17, 15) is 14.4 Å². The number of likely N-dealkylation sites (tertiary alicyclic amines) is 1. The minimum absolute atomic E-state index is 0.202. The molecule has 27 heavy (non-hydrogen) atoms. The van der Waals surface area contributed by atoms with E-state index in [0.29, 0.717) is 12.0 Å². The first-order valence-electron chi connectivity index (χ1n) is 8.97. The Morgan fingerprint density at radius 2 is 1.56 bits per heavy atom. The van der Waals surface area contributed by atoms with E-state index < -0.39 is 12.1 Å². The average Bonchev–Trinajstić information content (AvgIpc) is 3.02. The van der Waals surface area contributed by atoms with E-state index >= 15 is 0 Å². The highest BCUT2D eigenvalue weighted by Gasteiger charge is 2.38. The van der Waals surface area contributed by atoms with Crippen molar-refractivity contribution in [1.82, 2.24) is 10.2 Å². The Balaban J connectivity index is 1.88. The molecule has 3 rings (SSSR count). The van der Waals surface area contributed by atoms with Crippen LogP contribution in [0.25, 0.3) is 0 Å². The van der Waals surface area contributed by atoms with Crippen LogP contribution in [0.2, 0.25) is 0 Å². The van der Waals surface area contributed by atoms with Gasteiger partial charge in [-0.2, -0.15) is 0 Å². The third kappa shape index (κ3) is 4.31. The minimum Gasteiger partial charge on any atom is -0.347 e. The summed E-state index contributed by atoms with van der Waals surface area (Å²) in [7, 11) is 0. The Morgan fingerprint density at radius 1 is 1.00 bits per heavy atom. The third-order valence-electron chi connectivity index (χ3n) is 4.69. The second kappa shape index (κ2) is 8.45. The van der Waals surface area contributed by atoms with Crippen LogP contribution in [0.3, 0.4) is 0 Å². The van der Waals surface area contributed by atoms with Gasteiger partial charge in [-0.25, -0.2) is 0 Å². The lowest BCUT2D eigenvalue weighted by Crippen LogP contribution is -2.53. The van der Waals surface area contributed by atoms with Crippen molar-refractivity contribution in [2.24, 2.45) is 0 Å². The van der Waals surface area contributed by atoms with Crippen LogP contribution in [0, 0.1) is 0 Å². The normalized spacial score (nSPS) is 16.1. The summed E-state index contributed by atoms with van der Waals surface area (Å²) in [5.74, 6) is -0.698. The minimum atomic E-state index is -0.597. The molecule has 1 aliphatic rings. The molecular weight excluding hydrogens is 340 g/mol. The molecule has 1 heterocycles. The molecular formula is C22H22N2O3. The molecule has 138 valence electrons. The molecule has 1 N–H and O–H groups in total. The first-order valence-corrected chi connectivity index (χ1v) is 8.97. The lowest BCUT2D eigenvalue weighted by atomic mass is 9.97. The first-order chi connectivity index (χ1) is 13.1. The largest absolute Gasteiger partial charge is 0.347 e. The van der Waals surface area contributed by atoms with Crippen LogP contribution in [0.5, 0.6) is 0 Å². The molecule has 0 saturated carbocycles. The van der Waals surface area contributed by atoms with Gasteiger partial charge in [-0.3, -0.25) is 19.3 Å². The zero-order chi connectivity index (χ0) is 19.2. The number of carbonyl (C=O) groups excluding carboxylic acids is 3. The number of nitrogens with one attached hydrogen (secondary N) is 1. The second-order valence-electron chi connectivity index (χ2n) is 6.52. The van der Waals surface area contributed by atoms with E-state index in [1.807, 2.05) is 36.4 Å². The van der Waals surface area contributed by atoms with Crippen molar-refractivity contribution in [2.45, 2.75) is 31.3 Å². The number of hydrogen-bond acceptors (Lipinski definition) is 3. The lowest BCUT2D eigenvalue weighted by Gasteiger charge is -2.32. The first kappa shape index (κ1) is 18.6. The number of rotatable bonds is 7. The van der Waals surface area contributed by atoms with E-state index in [0.717, 1.165) is 5.56 Å². The van der Waals surface area contributed by atoms with Gasteiger partial charge in [0.2, 0.25) is 11.8 Å². The molecule has 5 nitrogen and oxygen atoms in total. The van der Waals surface area contributed by atoms with Gasteiger partial charge >= 0.3 is 0 Å². The number of imide groups is 1. The summed E-state index contributed by atoms with van der Waals surface area (Å²) in [5.41, 5.74) is 1.53. The van der Waals surface area contributed by atoms with Crippen LogP contribution in [0.4, 0.5) is 0 Å². The van der Waals surface area contributed by atoms with E-state index in [2.05, 4.69) is 11.9 Å². The van der Waals surface area contributed by atoms with Crippen molar-refractivity contribution in [2.75, 3.05) is 0 Å². The molecule has 2 aromatic carbocycles. The van der Waals surface area contributed by atoms with Crippen molar-refractivity contribution < 1.29 is 14.4 Å². The molecule has 0 unspecified atom stereocenters. The molecule has 0 spiro atoms. The summed E-state index contributed by atoms with van der Waals surface area (Å²) in [6, 6.07) is 17.5. The second-order valence-corrected chi connectivity index (χ2v) is 6.52. The molecule has 1 aliphatic heterocycles. The van der Waals surface area contributed by atoms with Gasteiger partial charge in [0.05, 0.1) is 12.1 Å². The predicted octanol–water partition coefficient (Wildman–Crippen LogP) is 2.73. The van der Waals surface area contributed by atoms with Gasteiger partial charge < -0.3 is 5.32 Å². The van der Waals surface area contributed by atoms with Gasteiger partial charge in [0.1, 0.15) is 0 Å². The fourth-order valence-electron chi connectivity index (χ4n) is 3.34. The van der Waals surface area contributed by atoms with Gasteiger partial charge in [-0.05, 0) is 24.1 Å². The van der Waals surface area contributed by atoms with Crippen LogP contribution >= 0.6 is 0 Å². The standard InChI is InChI=1S/C22H22N2O3/c1-2-19(24-20(25)13-14-21(24)26)18(15-16-9-5-3-6-10-16)23-22(27)17-11-7-4-8-12-17/h2-12,18-19H,1,13-15H2,(H,23,27)/t18-,19-/m0/s1. The number of benzene rings is 2. The van der Waals surface area contributed by atoms with E-state index in [-0.39, 0.29) is 30.6 Å². The fraction of sp³-hybridized carbons (Fsp3) is 0.227. The maximum absolute atomic E-state index is 12.7. The smallest absolute Gasteiger partial charge is 0.251 e. The summed E-state index contributed by atoms with van der Waals surface area (Å²) in [5, 5.41) is 2.99. The maximum Gasteiger partial charge on any atom is 0.251 e. The molecule has 0 aliphatic carbocycles. The van der Waals surface area contributed by atoms with Crippen molar-refractivity contribution in [1.29, 1.82) is 0 Å². The van der Waals surface area contributed by atoms with Crippen molar-refractivity contribution in [3.05, 3.63) is 84.4 Å². The topological polar surface area (TPSA) is 66.5 Å². The van der Waals surface area contributed by atoms with Gasteiger partial charge in [-0.15, -0.1) is 6.58 Å². The summed E-state index contributed by atoms with van der Waals surface area (Å²) in [4.78, 5) is 38.4. The molecule has 0 radical (unpaired) electrons. The summed E-state index contributed by atoms with van der Waals surface area (Å²) in [6.07, 6.45) is 2.45. The van der Waals surface area contributed by atoms with Crippen LogP contribution in [0.1, 0.15) is 28.8 Å². The Bertz CT molecular complexity index is 817. The number of hydrogen-bond donors (Lipinski definition) is 1. The third-order valence-corrected chi connectivity index (χ3v) is 4.69. The number of carbonyl (C=O) groups is 3. The number of nitrogens with zero attached hydrogens (tertiary/aromatic N) is 1. The van der Waals surface area contributed by atoms with E-state index in [1.165, 1.54) is 4.90 Å². The van der Waals surface area contributed by atoms with E-state index in [4.69, 9.17) is 0 Å². The number of amides is 3. The molecule has 2 aromatic rings. The summed E-state index contributed by atoms with van der Waals surface area (Å²) < 4.78 is 0. The molecule has 0 aromatic heterocycles. The van der Waals surface area contributed by atoms with Crippen LogP contribution in [-0.4, -0.2) is 34.7 Å². The van der Waals surface area contributed by atoms with Crippen LogP contribution in [-0.2, 0) is 16.0 Å². The average molecular weight is 362 g/mol. The molecule has 1 fully saturated rings. The molecule has 2 atom stereocenters. The molecule has 0 bridgehead atoms. The monoisotopic (exact) mass is 362 g/mol. The molecule has 3 amide bonds. The zero-order valence-electron chi connectivity index (χ0n) is 15.0. The predicted molar refractivity (Wildman–Crippen MR) is 103 cm³/mol. The van der Waals surface area contributed by atoms with Gasteiger partial charge in [0.25, 0.3) is 5.91 Å². The molecule has 1 saturated heterocycles. The maximum atomic E-state index is 12.7. The van der Waals surface area contributed by atoms with Gasteiger partial charge in [0, 0.05) is 18.4 Å². The highest BCUT2D eigenvalue weighted by molar-refractivity contribution is 6.02. The Kier molecular flexibility index (Phi) is 5.81.